The Morgan fingerprint density at radius 3 is 2.35 bits per heavy atom. The summed E-state index contributed by atoms with van der Waals surface area (Å²) in [4.78, 5) is 11.8. The van der Waals surface area contributed by atoms with Crippen LogP contribution < -0.4 is 10.2 Å². The molecule has 1 aromatic heterocycles. The topological polar surface area (TPSA) is 41.1 Å². The number of rotatable bonds is 6. The van der Waals surface area contributed by atoms with Crippen molar-refractivity contribution in [3.63, 3.8) is 0 Å². The molecule has 4 nitrogen and oxygen atoms in total. The van der Waals surface area contributed by atoms with Crippen LogP contribution in [0.25, 0.3) is 0 Å². The third kappa shape index (κ3) is 3.25. The van der Waals surface area contributed by atoms with Gasteiger partial charge in [0.25, 0.3) is 0 Å². The molecule has 1 saturated carbocycles. The zero-order chi connectivity index (χ0) is 14.5. The highest BCUT2D eigenvalue weighted by Crippen LogP contribution is 2.39. The van der Waals surface area contributed by atoms with Gasteiger partial charge in [-0.25, -0.2) is 4.98 Å². The molecule has 1 aromatic rings. The fourth-order valence-electron chi connectivity index (χ4n) is 2.85. The number of hydrogen-bond donors (Lipinski definition) is 1. The lowest BCUT2D eigenvalue weighted by Crippen LogP contribution is -2.25. The van der Waals surface area contributed by atoms with E-state index in [-0.39, 0.29) is 0 Å². The van der Waals surface area contributed by atoms with Gasteiger partial charge in [0, 0.05) is 25.6 Å². The maximum Gasteiger partial charge on any atom is 0.227 e. The molecule has 5 heteroatoms. The van der Waals surface area contributed by atoms with Gasteiger partial charge in [0.15, 0.2) is 0 Å². The number of nitrogens with one attached hydrogen (secondary N) is 1. The summed E-state index contributed by atoms with van der Waals surface area (Å²) in [5, 5.41) is 3.36. The molecule has 1 N–H and O–H groups in total. The minimum absolute atomic E-state index is 0.582. The molecule has 112 valence electrons. The van der Waals surface area contributed by atoms with Crippen LogP contribution in [0.15, 0.2) is 4.47 Å². The van der Waals surface area contributed by atoms with E-state index in [1.807, 2.05) is 0 Å². The Morgan fingerprint density at radius 1 is 1.15 bits per heavy atom. The van der Waals surface area contributed by atoms with E-state index >= 15 is 0 Å². The fraction of sp³-hybridized carbons (Fsp3) is 0.733. The van der Waals surface area contributed by atoms with Gasteiger partial charge in [0.2, 0.25) is 5.95 Å². The lowest BCUT2D eigenvalue weighted by molar-refractivity contribution is 0.683. The highest BCUT2D eigenvalue weighted by molar-refractivity contribution is 9.10. The average Bonchev–Trinajstić information content (AvgIpc) is 2.97. The molecule has 0 amide bonds. The summed E-state index contributed by atoms with van der Waals surface area (Å²) in [6.07, 6.45) is 5.13. The van der Waals surface area contributed by atoms with Crippen molar-refractivity contribution < 1.29 is 0 Å². The monoisotopic (exact) mass is 340 g/mol. The molecule has 0 unspecified atom stereocenters. The molecule has 20 heavy (non-hydrogen) atoms. The number of anilines is 2. The zero-order valence-corrected chi connectivity index (χ0v) is 14.3. The van der Waals surface area contributed by atoms with E-state index in [9.17, 15) is 0 Å². The largest absolute Gasteiger partial charge is 0.369 e. The number of halogens is 1. The number of nitrogens with zero attached hydrogens (tertiary/aromatic N) is 3. The second-order valence-corrected chi connectivity index (χ2v) is 6.05. The summed E-state index contributed by atoms with van der Waals surface area (Å²) < 4.78 is 1.06. The molecule has 1 fully saturated rings. The van der Waals surface area contributed by atoms with E-state index in [0.29, 0.717) is 5.92 Å². The lowest BCUT2D eigenvalue weighted by atomic mass is 10.0. The van der Waals surface area contributed by atoms with E-state index in [2.05, 4.69) is 46.9 Å². The molecule has 0 spiro atoms. The van der Waals surface area contributed by atoms with Crippen LogP contribution in [-0.2, 0) is 0 Å². The quantitative estimate of drug-likeness (QED) is 0.843. The molecule has 1 aliphatic carbocycles. The summed E-state index contributed by atoms with van der Waals surface area (Å²) in [5.41, 5.74) is 1.19. The first kappa shape index (κ1) is 15.5. The molecule has 0 atom stereocenters. The van der Waals surface area contributed by atoms with Gasteiger partial charge < -0.3 is 10.2 Å². The van der Waals surface area contributed by atoms with Gasteiger partial charge in [-0.1, -0.05) is 12.8 Å². The third-order valence-corrected chi connectivity index (χ3v) is 4.78. The Hall–Kier alpha value is -0.840. The number of hydrogen-bond acceptors (Lipinski definition) is 4. The van der Waals surface area contributed by atoms with Crippen molar-refractivity contribution in [2.24, 2.45) is 0 Å². The predicted molar refractivity (Wildman–Crippen MR) is 88.7 cm³/mol. The second kappa shape index (κ2) is 7.25. The van der Waals surface area contributed by atoms with Gasteiger partial charge in [-0.2, -0.15) is 4.98 Å². The minimum atomic E-state index is 0.582. The van der Waals surface area contributed by atoms with Crippen LogP contribution in [0, 0.1) is 0 Å². The van der Waals surface area contributed by atoms with Crippen LogP contribution in [0.5, 0.6) is 0 Å². The highest BCUT2D eigenvalue weighted by Gasteiger charge is 2.24. The van der Waals surface area contributed by atoms with E-state index < -0.39 is 0 Å². The normalized spacial score (nSPS) is 15.6. The first-order valence-corrected chi connectivity index (χ1v) is 8.56. The van der Waals surface area contributed by atoms with Crippen molar-refractivity contribution in [2.45, 2.75) is 52.4 Å². The molecule has 0 aliphatic heterocycles. The first-order chi connectivity index (χ1) is 9.71. The molecule has 0 aromatic carbocycles. The van der Waals surface area contributed by atoms with Crippen LogP contribution >= 0.6 is 15.9 Å². The van der Waals surface area contributed by atoms with Crippen molar-refractivity contribution in [3.8, 4) is 0 Å². The summed E-state index contributed by atoms with van der Waals surface area (Å²) >= 11 is 3.71. The standard InChI is InChI=1S/C15H25BrN4/c1-4-17-14-12(16)13(11-9-7-8-10-11)18-15(19-14)20(5-2)6-3/h11H,4-10H2,1-3H3,(H,17,18,19). The molecule has 0 radical (unpaired) electrons. The Labute approximate surface area is 130 Å². The molecular weight excluding hydrogens is 316 g/mol. The smallest absolute Gasteiger partial charge is 0.227 e. The van der Waals surface area contributed by atoms with Crippen molar-refractivity contribution in [1.82, 2.24) is 9.97 Å². The van der Waals surface area contributed by atoms with E-state index in [0.717, 1.165) is 35.9 Å². The van der Waals surface area contributed by atoms with E-state index in [1.54, 1.807) is 0 Å². The van der Waals surface area contributed by atoms with Crippen LogP contribution in [0.4, 0.5) is 11.8 Å². The second-order valence-electron chi connectivity index (χ2n) is 5.26. The summed E-state index contributed by atoms with van der Waals surface area (Å²) in [5.74, 6) is 2.38. The van der Waals surface area contributed by atoms with Crippen LogP contribution in [0.3, 0.4) is 0 Å². The van der Waals surface area contributed by atoms with Gasteiger partial charge in [-0.05, 0) is 49.5 Å². The predicted octanol–water partition coefficient (Wildman–Crippen LogP) is 4.17. The Kier molecular flexibility index (Phi) is 5.64. The van der Waals surface area contributed by atoms with Crippen molar-refractivity contribution in [1.29, 1.82) is 0 Å². The summed E-state index contributed by atoms with van der Waals surface area (Å²) in [7, 11) is 0. The highest BCUT2D eigenvalue weighted by atomic mass is 79.9. The lowest BCUT2D eigenvalue weighted by Gasteiger charge is -2.22. The molecule has 1 heterocycles. The molecule has 1 aliphatic rings. The minimum Gasteiger partial charge on any atom is -0.369 e. The fourth-order valence-corrected chi connectivity index (χ4v) is 3.50. The molecule has 0 bridgehead atoms. The van der Waals surface area contributed by atoms with Gasteiger partial charge in [0.1, 0.15) is 5.82 Å². The van der Waals surface area contributed by atoms with E-state index in [1.165, 1.54) is 31.4 Å². The average molecular weight is 341 g/mol. The first-order valence-electron chi connectivity index (χ1n) is 7.77. The van der Waals surface area contributed by atoms with Gasteiger partial charge in [-0.15, -0.1) is 0 Å². The third-order valence-electron chi connectivity index (χ3n) is 4.00. The van der Waals surface area contributed by atoms with Crippen molar-refractivity contribution in [3.05, 3.63) is 10.2 Å². The van der Waals surface area contributed by atoms with Crippen LogP contribution in [0.2, 0.25) is 0 Å². The number of aromatic nitrogens is 2. The Balaban J connectivity index is 2.42. The summed E-state index contributed by atoms with van der Waals surface area (Å²) in [6.45, 7) is 9.15. The van der Waals surface area contributed by atoms with Gasteiger partial charge >= 0.3 is 0 Å². The zero-order valence-electron chi connectivity index (χ0n) is 12.7. The van der Waals surface area contributed by atoms with Crippen LogP contribution in [-0.4, -0.2) is 29.6 Å². The van der Waals surface area contributed by atoms with Crippen LogP contribution in [0.1, 0.15) is 58.1 Å². The Bertz CT molecular complexity index is 440. The maximum atomic E-state index is 4.87. The molecule has 0 saturated heterocycles. The maximum absolute atomic E-state index is 4.87. The van der Waals surface area contributed by atoms with Gasteiger partial charge in [-0.3, -0.25) is 0 Å². The summed E-state index contributed by atoms with van der Waals surface area (Å²) in [6, 6.07) is 0. The van der Waals surface area contributed by atoms with Crippen molar-refractivity contribution in [2.75, 3.05) is 29.9 Å². The molecular formula is C15H25BrN4. The SMILES string of the molecule is CCNc1nc(N(CC)CC)nc(C2CCCC2)c1Br. The van der Waals surface area contributed by atoms with E-state index in [4.69, 9.17) is 9.97 Å². The van der Waals surface area contributed by atoms with Gasteiger partial charge in [0.05, 0.1) is 10.2 Å². The molecule has 2 rings (SSSR count). The Morgan fingerprint density at radius 2 is 1.80 bits per heavy atom. The van der Waals surface area contributed by atoms with Crippen molar-refractivity contribution >= 4 is 27.7 Å².